The normalized spacial score (nSPS) is 10.5. The smallest absolute Gasteiger partial charge is 0.286 e. The Labute approximate surface area is 161 Å². The third kappa shape index (κ3) is 4.45. The van der Waals surface area contributed by atoms with Crippen LogP contribution in [0.1, 0.15) is 20.9 Å². The monoisotopic (exact) mass is 384 g/mol. The molecule has 0 bridgehead atoms. The van der Waals surface area contributed by atoms with Crippen LogP contribution in [0.3, 0.4) is 0 Å². The van der Waals surface area contributed by atoms with Crippen LogP contribution in [0.2, 0.25) is 0 Å². The fraction of sp³-hybridized carbons (Fsp3) is 0.200. The highest BCUT2D eigenvalue weighted by molar-refractivity contribution is 7.17. The molecule has 6 nitrogen and oxygen atoms in total. The Morgan fingerprint density at radius 1 is 1.07 bits per heavy atom. The number of ether oxygens (including phenoxy) is 2. The minimum absolute atomic E-state index is 0.299. The van der Waals surface area contributed by atoms with E-state index in [9.17, 15) is 4.79 Å². The van der Waals surface area contributed by atoms with Crippen molar-refractivity contribution < 1.29 is 19.1 Å². The van der Waals surface area contributed by atoms with E-state index in [0.29, 0.717) is 28.7 Å². The van der Waals surface area contributed by atoms with Gasteiger partial charge < -0.3 is 9.47 Å². The zero-order valence-corrected chi connectivity index (χ0v) is 16.1. The van der Waals surface area contributed by atoms with Crippen molar-refractivity contribution in [3.8, 4) is 22.1 Å². The number of aromatic nitrogens is 1. The summed E-state index contributed by atoms with van der Waals surface area (Å²) in [7, 11) is 3.17. The second kappa shape index (κ2) is 8.66. The summed E-state index contributed by atoms with van der Waals surface area (Å²) in [5.41, 5.74) is 4.95. The van der Waals surface area contributed by atoms with Crippen LogP contribution in [0.5, 0.6) is 11.5 Å². The van der Waals surface area contributed by atoms with Crippen LogP contribution in [0, 0.1) is 6.92 Å². The van der Waals surface area contributed by atoms with E-state index in [4.69, 9.17) is 14.3 Å². The molecule has 0 aliphatic heterocycles. The van der Waals surface area contributed by atoms with Crippen molar-refractivity contribution in [1.29, 1.82) is 0 Å². The summed E-state index contributed by atoms with van der Waals surface area (Å²) in [5, 5.41) is 0.724. The summed E-state index contributed by atoms with van der Waals surface area (Å²) in [6.45, 7) is 2.10. The van der Waals surface area contributed by atoms with Gasteiger partial charge in [0.15, 0.2) is 11.5 Å². The molecule has 0 fully saturated rings. The number of hydroxylamine groups is 1. The van der Waals surface area contributed by atoms with Crippen molar-refractivity contribution in [2.45, 2.75) is 13.5 Å². The lowest BCUT2D eigenvalue weighted by atomic mass is 10.2. The average Bonchev–Trinajstić information content (AvgIpc) is 3.10. The fourth-order valence-electron chi connectivity index (χ4n) is 2.51. The SMILES string of the molecule is COc1ccc(-c2nc(C)c(C(=O)NOCc3ccccc3)s2)cc1OC. The molecule has 0 spiro atoms. The molecule has 3 rings (SSSR count). The number of nitrogens with one attached hydrogen (secondary N) is 1. The van der Waals surface area contributed by atoms with E-state index in [0.717, 1.165) is 16.1 Å². The van der Waals surface area contributed by atoms with Crippen molar-refractivity contribution in [2.24, 2.45) is 0 Å². The number of carbonyl (C=O) groups is 1. The molecule has 2 aromatic carbocycles. The van der Waals surface area contributed by atoms with Gasteiger partial charge in [-0.05, 0) is 30.7 Å². The second-order valence-electron chi connectivity index (χ2n) is 5.71. The quantitative estimate of drug-likeness (QED) is 0.624. The predicted molar refractivity (Wildman–Crippen MR) is 104 cm³/mol. The van der Waals surface area contributed by atoms with Crippen LogP contribution in [-0.4, -0.2) is 25.1 Å². The van der Waals surface area contributed by atoms with Gasteiger partial charge in [0.05, 0.1) is 26.5 Å². The topological polar surface area (TPSA) is 69.7 Å². The molecule has 0 saturated carbocycles. The first-order chi connectivity index (χ1) is 13.1. The molecule has 1 heterocycles. The lowest BCUT2D eigenvalue weighted by molar-refractivity contribution is 0.0236. The highest BCUT2D eigenvalue weighted by Crippen LogP contribution is 2.34. The Hall–Kier alpha value is -2.90. The molecule has 0 aliphatic rings. The van der Waals surface area contributed by atoms with E-state index in [2.05, 4.69) is 10.5 Å². The minimum atomic E-state index is -0.312. The van der Waals surface area contributed by atoms with Gasteiger partial charge in [-0.1, -0.05) is 30.3 Å². The highest BCUT2D eigenvalue weighted by Gasteiger charge is 2.17. The molecule has 0 aliphatic carbocycles. The molecule has 0 unspecified atom stereocenters. The number of thiazole rings is 1. The molecule has 27 heavy (non-hydrogen) atoms. The van der Waals surface area contributed by atoms with E-state index in [1.165, 1.54) is 11.3 Å². The maximum atomic E-state index is 12.4. The standard InChI is InChI=1S/C20H20N2O4S/c1-13-18(19(23)22-26-12-14-7-5-4-6-8-14)27-20(21-13)15-9-10-16(24-2)17(11-15)25-3/h4-11H,12H2,1-3H3,(H,22,23). The van der Waals surface area contributed by atoms with Gasteiger partial charge >= 0.3 is 0 Å². The molecule has 0 saturated heterocycles. The number of rotatable bonds is 7. The first-order valence-electron chi connectivity index (χ1n) is 8.28. The van der Waals surface area contributed by atoms with Crippen LogP contribution >= 0.6 is 11.3 Å². The number of carbonyl (C=O) groups excluding carboxylic acids is 1. The van der Waals surface area contributed by atoms with Gasteiger partial charge in [-0.2, -0.15) is 0 Å². The van der Waals surface area contributed by atoms with Gasteiger partial charge in [-0.3, -0.25) is 9.63 Å². The number of aryl methyl sites for hydroxylation is 1. The Bertz CT molecular complexity index is 925. The lowest BCUT2D eigenvalue weighted by Crippen LogP contribution is -2.23. The summed E-state index contributed by atoms with van der Waals surface area (Å²) in [6.07, 6.45) is 0. The lowest BCUT2D eigenvalue weighted by Gasteiger charge is -2.08. The summed E-state index contributed by atoms with van der Waals surface area (Å²) in [5.74, 6) is 0.939. The number of hydrogen-bond acceptors (Lipinski definition) is 6. The molecule has 140 valence electrons. The summed E-state index contributed by atoms with van der Waals surface area (Å²) in [6, 6.07) is 15.2. The van der Waals surface area contributed by atoms with Crippen LogP contribution in [-0.2, 0) is 11.4 Å². The molecule has 0 radical (unpaired) electrons. The van der Waals surface area contributed by atoms with E-state index in [1.807, 2.05) is 48.5 Å². The first kappa shape index (κ1) is 18.9. The molecule has 1 amide bonds. The maximum absolute atomic E-state index is 12.4. The van der Waals surface area contributed by atoms with Gasteiger partial charge in [0.25, 0.3) is 5.91 Å². The third-order valence-electron chi connectivity index (χ3n) is 3.88. The van der Waals surface area contributed by atoms with Crippen LogP contribution < -0.4 is 15.0 Å². The van der Waals surface area contributed by atoms with E-state index in [1.54, 1.807) is 21.1 Å². The Morgan fingerprint density at radius 2 is 1.81 bits per heavy atom. The fourth-order valence-corrected chi connectivity index (χ4v) is 3.45. The Morgan fingerprint density at radius 3 is 2.52 bits per heavy atom. The predicted octanol–water partition coefficient (Wildman–Crippen LogP) is 4.00. The van der Waals surface area contributed by atoms with Gasteiger partial charge in [0, 0.05) is 5.56 Å². The number of methoxy groups -OCH3 is 2. The minimum Gasteiger partial charge on any atom is -0.493 e. The van der Waals surface area contributed by atoms with Crippen molar-refractivity contribution in [2.75, 3.05) is 14.2 Å². The molecular formula is C20H20N2O4S. The largest absolute Gasteiger partial charge is 0.493 e. The highest BCUT2D eigenvalue weighted by atomic mass is 32.1. The van der Waals surface area contributed by atoms with Gasteiger partial charge in [0.2, 0.25) is 0 Å². The number of hydrogen-bond donors (Lipinski definition) is 1. The number of nitrogens with zero attached hydrogens (tertiary/aromatic N) is 1. The first-order valence-corrected chi connectivity index (χ1v) is 9.10. The van der Waals surface area contributed by atoms with Crippen molar-refractivity contribution in [1.82, 2.24) is 10.5 Å². The molecular weight excluding hydrogens is 364 g/mol. The van der Waals surface area contributed by atoms with Gasteiger partial charge in [-0.25, -0.2) is 10.5 Å². The van der Waals surface area contributed by atoms with E-state index in [-0.39, 0.29) is 5.91 Å². The Kier molecular flexibility index (Phi) is 6.05. The number of amides is 1. The van der Waals surface area contributed by atoms with Crippen molar-refractivity contribution >= 4 is 17.2 Å². The summed E-state index contributed by atoms with van der Waals surface area (Å²) >= 11 is 1.30. The molecule has 7 heteroatoms. The molecule has 1 N–H and O–H groups in total. The van der Waals surface area contributed by atoms with Crippen LogP contribution in [0.25, 0.3) is 10.6 Å². The molecule has 3 aromatic rings. The average molecular weight is 384 g/mol. The zero-order valence-electron chi connectivity index (χ0n) is 15.3. The zero-order chi connectivity index (χ0) is 19.2. The summed E-state index contributed by atoms with van der Waals surface area (Å²) in [4.78, 5) is 22.7. The van der Waals surface area contributed by atoms with E-state index >= 15 is 0 Å². The van der Waals surface area contributed by atoms with Gasteiger partial charge in [-0.15, -0.1) is 11.3 Å². The van der Waals surface area contributed by atoms with Crippen LogP contribution in [0.4, 0.5) is 0 Å². The molecule has 0 atom stereocenters. The van der Waals surface area contributed by atoms with Crippen LogP contribution in [0.15, 0.2) is 48.5 Å². The van der Waals surface area contributed by atoms with Crippen molar-refractivity contribution in [3.63, 3.8) is 0 Å². The third-order valence-corrected chi connectivity index (χ3v) is 5.09. The van der Waals surface area contributed by atoms with E-state index < -0.39 is 0 Å². The summed E-state index contributed by atoms with van der Waals surface area (Å²) < 4.78 is 10.6. The number of benzene rings is 2. The maximum Gasteiger partial charge on any atom is 0.286 e. The second-order valence-corrected chi connectivity index (χ2v) is 6.71. The van der Waals surface area contributed by atoms with Gasteiger partial charge in [0.1, 0.15) is 9.88 Å². The van der Waals surface area contributed by atoms with Crippen molar-refractivity contribution in [3.05, 3.63) is 64.7 Å². The molecule has 1 aromatic heterocycles. The Balaban J connectivity index is 1.71.